The number of anilines is 2. The highest BCUT2D eigenvalue weighted by Crippen LogP contribution is 2.39. The highest BCUT2D eigenvalue weighted by atomic mass is 16.2. The quantitative estimate of drug-likeness (QED) is 0.856. The predicted octanol–water partition coefficient (Wildman–Crippen LogP) is 0.920. The lowest BCUT2D eigenvalue weighted by atomic mass is 10.3. The van der Waals surface area contributed by atoms with E-state index in [2.05, 4.69) is 15.3 Å². The van der Waals surface area contributed by atoms with Gasteiger partial charge in [-0.05, 0) is 12.8 Å². The van der Waals surface area contributed by atoms with Crippen molar-refractivity contribution in [3.8, 4) is 0 Å². The minimum Gasteiger partial charge on any atom is -0.373 e. The number of nitrogens with zero attached hydrogens (tertiary/aromatic N) is 4. The number of carbonyl (C=O) groups is 1. The number of aromatic nitrogens is 2. The zero-order valence-corrected chi connectivity index (χ0v) is 12.0. The monoisotopic (exact) mass is 263 g/mol. The third-order valence-corrected chi connectivity index (χ3v) is 3.19. The van der Waals surface area contributed by atoms with E-state index in [1.54, 1.807) is 19.0 Å². The minimum absolute atomic E-state index is 0.0556. The largest absolute Gasteiger partial charge is 0.373 e. The summed E-state index contributed by atoms with van der Waals surface area (Å²) in [6.07, 6.45) is 2.32. The molecule has 1 aliphatic carbocycles. The molecule has 1 heterocycles. The van der Waals surface area contributed by atoms with E-state index in [0.717, 1.165) is 30.3 Å². The van der Waals surface area contributed by atoms with Gasteiger partial charge in [0.25, 0.3) is 0 Å². The first-order chi connectivity index (χ1) is 9.01. The average molecular weight is 263 g/mol. The van der Waals surface area contributed by atoms with E-state index >= 15 is 0 Å². The number of hydrogen-bond donors (Lipinski definition) is 1. The SMILES string of the molecule is CNc1cc(N(C)CC(=O)N(C)C)nc(C2CC2)n1. The van der Waals surface area contributed by atoms with Crippen LogP contribution in [0.3, 0.4) is 0 Å². The zero-order chi connectivity index (χ0) is 14.0. The molecule has 6 nitrogen and oxygen atoms in total. The summed E-state index contributed by atoms with van der Waals surface area (Å²) in [6.45, 7) is 0.317. The summed E-state index contributed by atoms with van der Waals surface area (Å²) in [4.78, 5) is 24.2. The van der Waals surface area contributed by atoms with Crippen molar-refractivity contribution in [3.05, 3.63) is 11.9 Å². The summed E-state index contributed by atoms with van der Waals surface area (Å²) in [5, 5.41) is 3.05. The standard InChI is InChI=1S/C13H21N5O/c1-14-10-7-11(16-13(15-10)9-5-6-9)18(4)8-12(19)17(2)3/h7,9H,5-6,8H2,1-4H3,(H,14,15,16). The lowest BCUT2D eigenvalue weighted by Crippen LogP contribution is -2.34. The third-order valence-electron chi connectivity index (χ3n) is 3.19. The Morgan fingerprint density at radius 3 is 2.58 bits per heavy atom. The Balaban J connectivity index is 2.17. The molecule has 1 saturated carbocycles. The van der Waals surface area contributed by atoms with E-state index in [9.17, 15) is 4.79 Å². The normalized spacial score (nSPS) is 14.1. The molecule has 1 aromatic rings. The number of likely N-dealkylation sites (N-methyl/N-ethyl adjacent to an activating group) is 2. The van der Waals surface area contributed by atoms with Crippen molar-refractivity contribution in [3.63, 3.8) is 0 Å². The van der Waals surface area contributed by atoms with E-state index < -0.39 is 0 Å². The molecule has 0 atom stereocenters. The maximum Gasteiger partial charge on any atom is 0.241 e. The lowest BCUT2D eigenvalue weighted by Gasteiger charge is -2.21. The molecule has 2 rings (SSSR count). The topological polar surface area (TPSA) is 61.4 Å². The number of carbonyl (C=O) groups excluding carboxylic acids is 1. The Hall–Kier alpha value is -1.85. The summed E-state index contributed by atoms with van der Waals surface area (Å²) in [6, 6.07) is 1.87. The highest BCUT2D eigenvalue weighted by Gasteiger charge is 2.27. The maximum absolute atomic E-state index is 11.7. The second-order valence-corrected chi connectivity index (χ2v) is 5.14. The molecule has 1 aliphatic rings. The fourth-order valence-electron chi connectivity index (χ4n) is 1.73. The van der Waals surface area contributed by atoms with Crippen LogP contribution in [0.1, 0.15) is 24.6 Å². The molecule has 0 spiro atoms. The van der Waals surface area contributed by atoms with Crippen LogP contribution < -0.4 is 10.2 Å². The Labute approximate surface area is 113 Å². The van der Waals surface area contributed by atoms with E-state index in [1.165, 1.54) is 0 Å². The second kappa shape index (κ2) is 5.42. The number of amides is 1. The summed E-state index contributed by atoms with van der Waals surface area (Å²) < 4.78 is 0. The number of nitrogens with one attached hydrogen (secondary N) is 1. The van der Waals surface area contributed by atoms with Gasteiger partial charge in [-0.25, -0.2) is 9.97 Å². The van der Waals surface area contributed by atoms with Gasteiger partial charge in [0.1, 0.15) is 17.5 Å². The van der Waals surface area contributed by atoms with E-state index in [-0.39, 0.29) is 5.91 Å². The molecule has 1 aromatic heterocycles. The minimum atomic E-state index is 0.0556. The first-order valence-corrected chi connectivity index (χ1v) is 6.49. The van der Waals surface area contributed by atoms with Crippen molar-refractivity contribution < 1.29 is 4.79 Å². The van der Waals surface area contributed by atoms with Gasteiger partial charge < -0.3 is 15.1 Å². The van der Waals surface area contributed by atoms with Crippen LogP contribution in [0, 0.1) is 0 Å². The van der Waals surface area contributed by atoms with E-state index in [4.69, 9.17) is 0 Å². The molecule has 6 heteroatoms. The molecular formula is C13H21N5O. The van der Waals surface area contributed by atoms with Crippen molar-refractivity contribution >= 4 is 17.5 Å². The van der Waals surface area contributed by atoms with Gasteiger partial charge in [0.2, 0.25) is 5.91 Å². The molecule has 1 N–H and O–H groups in total. The molecule has 1 amide bonds. The van der Waals surface area contributed by atoms with Crippen molar-refractivity contribution in [2.24, 2.45) is 0 Å². The number of rotatable bonds is 5. The molecule has 0 radical (unpaired) electrons. The average Bonchev–Trinajstić information content (AvgIpc) is 3.22. The highest BCUT2D eigenvalue weighted by molar-refractivity contribution is 5.80. The fourth-order valence-corrected chi connectivity index (χ4v) is 1.73. The van der Waals surface area contributed by atoms with Crippen molar-refractivity contribution in [2.75, 3.05) is 45.0 Å². The Morgan fingerprint density at radius 1 is 1.37 bits per heavy atom. The number of hydrogen-bond acceptors (Lipinski definition) is 5. The van der Waals surface area contributed by atoms with Crippen LogP contribution in [0.5, 0.6) is 0 Å². The Kier molecular flexibility index (Phi) is 3.87. The van der Waals surface area contributed by atoms with E-state index in [0.29, 0.717) is 12.5 Å². The molecule has 0 aromatic carbocycles. The van der Waals surface area contributed by atoms with Crippen LogP contribution in [0.25, 0.3) is 0 Å². The second-order valence-electron chi connectivity index (χ2n) is 5.14. The molecule has 19 heavy (non-hydrogen) atoms. The maximum atomic E-state index is 11.7. The van der Waals surface area contributed by atoms with Gasteiger partial charge in [-0.3, -0.25) is 4.79 Å². The summed E-state index contributed by atoms with van der Waals surface area (Å²) in [5.74, 6) is 3.02. The van der Waals surface area contributed by atoms with Gasteiger partial charge in [0, 0.05) is 40.2 Å². The Morgan fingerprint density at radius 2 is 2.05 bits per heavy atom. The van der Waals surface area contributed by atoms with Gasteiger partial charge in [0.05, 0.1) is 6.54 Å². The van der Waals surface area contributed by atoms with Crippen molar-refractivity contribution in [2.45, 2.75) is 18.8 Å². The van der Waals surface area contributed by atoms with Crippen LogP contribution in [-0.2, 0) is 4.79 Å². The van der Waals surface area contributed by atoms with Crippen LogP contribution in [0.2, 0.25) is 0 Å². The predicted molar refractivity (Wildman–Crippen MR) is 75.5 cm³/mol. The molecule has 0 saturated heterocycles. The van der Waals surface area contributed by atoms with Crippen molar-refractivity contribution in [1.82, 2.24) is 14.9 Å². The molecule has 0 aliphatic heterocycles. The van der Waals surface area contributed by atoms with Gasteiger partial charge in [-0.15, -0.1) is 0 Å². The molecule has 0 unspecified atom stereocenters. The van der Waals surface area contributed by atoms with Crippen LogP contribution >= 0.6 is 0 Å². The molecule has 1 fully saturated rings. The molecular weight excluding hydrogens is 242 g/mol. The summed E-state index contributed by atoms with van der Waals surface area (Å²) in [7, 11) is 7.23. The lowest BCUT2D eigenvalue weighted by molar-refractivity contribution is -0.127. The van der Waals surface area contributed by atoms with Crippen molar-refractivity contribution in [1.29, 1.82) is 0 Å². The summed E-state index contributed by atoms with van der Waals surface area (Å²) in [5.41, 5.74) is 0. The molecule has 0 bridgehead atoms. The van der Waals surface area contributed by atoms with Crippen LogP contribution in [-0.4, -0.2) is 55.5 Å². The van der Waals surface area contributed by atoms with Crippen LogP contribution in [0.15, 0.2) is 6.07 Å². The van der Waals surface area contributed by atoms with Gasteiger partial charge in [0.15, 0.2) is 0 Å². The van der Waals surface area contributed by atoms with Gasteiger partial charge in [-0.2, -0.15) is 0 Å². The first kappa shape index (κ1) is 13.6. The van der Waals surface area contributed by atoms with Gasteiger partial charge >= 0.3 is 0 Å². The van der Waals surface area contributed by atoms with E-state index in [1.807, 2.05) is 25.1 Å². The molecule has 104 valence electrons. The zero-order valence-electron chi connectivity index (χ0n) is 12.0. The third kappa shape index (κ3) is 3.33. The Bertz CT molecular complexity index is 470. The fraction of sp³-hybridized carbons (Fsp3) is 0.615. The smallest absolute Gasteiger partial charge is 0.241 e. The van der Waals surface area contributed by atoms with Gasteiger partial charge in [-0.1, -0.05) is 0 Å². The summed E-state index contributed by atoms with van der Waals surface area (Å²) >= 11 is 0. The van der Waals surface area contributed by atoms with Crippen LogP contribution in [0.4, 0.5) is 11.6 Å². The first-order valence-electron chi connectivity index (χ1n) is 6.49.